The summed E-state index contributed by atoms with van der Waals surface area (Å²) in [6, 6.07) is 0. The highest BCUT2D eigenvalue weighted by atomic mass is 16.1. The topological polar surface area (TPSA) is 17.1 Å². The molecule has 0 fully saturated rings. The highest BCUT2D eigenvalue weighted by Crippen LogP contribution is 2.44. The predicted molar refractivity (Wildman–Crippen MR) is 116 cm³/mol. The van der Waals surface area contributed by atoms with Crippen LogP contribution in [0.15, 0.2) is 107 Å². The first-order chi connectivity index (χ1) is 13.8. The van der Waals surface area contributed by atoms with Crippen LogP contribution in [0.25, 0.3) is 0 Å². The molecule has 3 unspecified atom stereocenters. The van der Waals surface area contributed by atoms with E-state index in [0.29, 0.717) is 18.1 Å². The van der Waals surface area contributed by atoms with Crippen LogP contribution in [0.5, 0.6) is 0 Å². The normalized spacial score (nSPS) is 30.0. The van der Waals surface area contributed by atoms with Crippen LogP contribution in [0, 0.1) is 17.8 Å². The standard InChI is InChI=1S/C27H26O/c28-27(16-19-13-14-23(15-19)20-7-1-2-8-20)26-18-24(21-9-3-4-10-21)17-25(26)22-11-5-6-12-22/h1-7,9,11,13-15,18-19,25-26H,8,10,12,16-17H2. The maximum Gasteiger partial charge on any atom is 0.141 e. The van der Waals surface area contributed by atoms with E-state index in [-0.39, 0.29) is 11.8 Å². The molecule has 1 heteroatoms. The van der Waals surface area contributed by atoms with Crippen molar-refractivity contribution in [3.63, 3.8) is 0 Å². The smallest absolute Gasteiger partial charge is 0.141 e. The monoisotopic (exact) mass is 366 g/mol. The molecule has 5 aliphatic rings. The Bertz CT molecular complexity index is 968. The molecule has 0 bridgehead atoms. The molecule has 0 aliphatic heterocycles. The predicted octanol–water partition coefficient (Wildman–Crippen LogP) is 6.28. The molecule has 0 amide bonds. The van der Waals surface area contributed by atoms with Crippen molar-refractivity contribution in [1.82, 2.24) is 0 Å². The van der Waals surface area contributed by atoms with Gasteiger partial charge in [-0.05, 0) is 53.9 Å². The maximum atomic E-state index is 13.3. The molecular weight excluding hydrogens is 340 g/mol. The molecule has 0 aromatic carbocycles. The quantitative estimate of drug-likeness (QED) is 0.541. The van der Waals surface area contributed by atoms with Crippen molar-refractivity contribution in [1.29, 1.82) is 0 Å². The first-order valence-electron chi connectivity index (χ1n) is 10.5. The molecule has 0 saturated heterocycles. The summed E-state index contributed by atoms with van der Waals surface area (Å²) < 4.78 is 0. The molecule has 5 rings (SSSR count). The average Bonchev–Trinajstić information content (AvgIpc) is 3.53. The minimum Gasteiger partial charge on any atom is -0.299 e. The summed E-state index contributed by atoms with van der Waals surface area (Å²) >= 11 is 0. The Balaban J connectivity index is 1.32. The van der Waals surface area contributed by atoms with Crippen LogP contribution in [-0.4, -0.2) is 5.78 Å². The number of ketones is 1. The van der Waals surface area contributed by atoms with Crippen molar-refractivity contribution < 1.29 is 4.79 Å². The lowest BCUT2D eigenvalue weighted by molar-refractivity contribution is -0.122. The molecule has 3 atom stereocenters. The van der Waals surface area contributed by atoms with Gasteiger partial charge in [0.25, 0.3) is 0 Å². The van der Waals surface area contributed by atoms with Gasteiger partial charge in [-0.25, -0.2) is 0 Å². The number of carbonyl (C=O) groups is 1. The van der Waals surface area contributed by atoms with Gasteiger partial charge < -0.3 is 0 Å². The fourth-order valence-corrected chi connectivity index (χ4v) is 5.05. The Morgan fingerprint density at radius 3 is 2.32 bits per heavy atom. The number of hydrogen-bond acceptors (Lipinski definition) is 1. The van der Waals surface area contributed by atoms with Crippen molar-refractivity contribution in [2.75, 3.05) is 0 Å². The second-order valence-corrected chi connectivity index (χ2v) is 8.37. The summed E-state index contributed by atoms with van der Waals surface area (Å²) in [6.45, 7) is 0. The third kappa shape index (κ3) is 3.30. The average molecular weight is 367 g/mol. The van der Waals surface area contributed by atoms with Gasteiger partial charge in [0.15, 0.2) is 0 Å². The molecule has 0 heterocycles. The third-order valence-corrected chi connectivity index (χ3v) is 6.58. The van der Waals surface area contributed by atoms with Crippen molar-refractivity contribution in [3.05, 3.63) is 107 Å². The van der Waals surface area contributed by atoms with E-state index in [9.17, 15) is 4.79 Å². The largest absolute Gasteiger partial charge is 0.299 e. The molecule has 28 heavy (non-hydrogen) atoms. The number of Topliss-reactive ketones (excluding diaryl/α,β-unsaturated/α-hetero) is 1. The van der Waals surface area contributed by atoms with Crippen LogP contribution in [0.3, 0.4) is 0 Å². The Labute approximate surface area is 167 Å². The van der Waals surface area contributed by atoms with Crippen LogP contribution < -0.4 is 0 Å². The molecule has 0 N–H and O–H groups in total. The van der Waals surface area contributed by atoms with Crippen molar-refractivity contribution in [2.45, 2.75) is 32.1 Å². The van der Waals surface area contributed by atoms with Gasteiger partial charge >= 0.3 is 0 Å². The minimum atomic E-state index is 0.0286. The summed E-state index contributed by atoms with van der Waals surface area (Å²) in [5.74, 6) is 1.01. The van der Waals surface area contributed by atoms with Crippen LogP contribution in [0.4, 0.5) is 0 Å². The SMILES string of the molecule is O=C(CC1C=CC(C2=CC=CC2)=C1)C1C=C(C2=CC=CC2)CC1C1=CC=CC1. The van der Waals surface area contributed by atoms with Gasteiger partial charge in [0.1, 0.15) is 5.78 Å². The van der Waals surface area contributed by atoms with Crippen molar-refractivity contribution in [3.8, 4) is 0 Å². The molecular formula is C27H26O. The van der Waals surface area contributed by atoms with Gasteiger partial charge in [-0.2, -0.15) is 0 Å². The molecule has 0 saturated carbocycles. The number of carbonyl (C=O) groups excluding carboxylic acids is 1. The molecule has 0 aromatic rings. The van der Waals surface area contributed by atoms with Crippen molar-refractivity contribution in [2.24, 2.45) is 17.8 Å². The van der Waals surface area contributed by atoms with Crippen LogP contribution in [0.2, 0.25) is 0 Å². The van der Waals surface area contributed by atoms with E-state index in [0.717, 1.165) is 25.7 Å². The fourth-order valence-electron chi connectivity index (χ4n) is 5.05. The lowest BCUT2D eigenvalue weighted by Crippen LogP contribution is -2.21. The zero-order valence-corrected chi connectivity index (χ0v) is 16.2. The summed E-state index contributed by atoms with van der Waals surface area (Å²) in [5.41, 5.74) is 6.88. The van der Waals surface area contributed by atoms with Gasteiger partial charge in [-0.15, -0.1) is 0 Å². The number of hydrogen-bond donors (Lipinski definition) is 0. The lowest BCUT2D eigenvalue weighted by atomic mass is 9.82. The van der Waals surface area contributed by atoms with E-state index in [1.54, 1.807) is 0 Å². The lowest BCUT2D eigenvalue weighted by Gasteiger charge is -2.21. The van der Waals surface area contributed by atoms with E-state index >= 15 is 0 Å². The number of rotatable bonds is 6. The van der Waals surface area contributed by atoms with E-state index < -0.39 is 0 Å². The van der Waals surface area contributed by atoms with E-state index in [1.807, 2.05) is 0 Å². The summed E-state index contributed by atoms with van der Waals surface area (Å²) in [6.07, 6.45) is 33.3. The highest BCUT2D eigenvalue weighted by molar-refractivity contribution is 5.85. The van der Waals surface area contributed by atoms with Gasteiger partial charge in [0, 0.05) is 18.3 Å². The second-order valence-electron chi connectivity index (χ2n) is 8.37. The fraction of sp³-hybridized carbons (Fsp3) is 0.296. The second kappa shape index (κ2) is 7.39. The molecule has 0 spiro atoms. The third-order valence-electron chi connectivity index (χ3n) is 6.58. The van der Waals surface area contributed by atoms with Crippen LogP contribution >= 0.6 is 0 Å². The van der Waals surface area contributed by atoms with Gasteiger partial charge in [-0.1, -0.05) is 84.6 Å². The Morgan fingerprint density at radius 2 is 1.61 bits per heavy atom. The molecule has 5 aliphatic carbocycles. The first-order valence-corrected chi connectivity index (χ1v) is 10.5. The molecule has 0 aromatic heterocycles. The van der Waals surface area contributed by atoms with E-state index in [4.69, 9.17) is 0 Å². The van der Waals surface area contributed by atoms with Crippen LogP contribution in [-0.2, 0) is 4.79 Å². The zero-order valence-electron chi connectivity index (χ0n) is 16.2. The molecule has 0 radical (unpaired) electrons. The summed E-state index contributed by atoms with van der Waals surface area (Å²) in [4.78, 5) is 13.3. The van der Waals surface area contributed by atoms with Gasteiger partial charge in [-0.3, -0.25) is 4.79 Å². The summed E-state index contributed by atoms with van der Waals surface area (Å²) in [7, 11) is 0. The number of allylic oxidation sites excluding steroid dienone is 18. The highest BCUT2D eigenvalue weighted by Gasteiger charge is 2.36. The molecule has 140 valence electrons. The maximum absolute atomic E-state index is 13.3. The first kappa shape index (κ1) is 17.4. The summed E-state index contributed by atoms with van der Waals surface area (Å²) in [5, 5.41) is 0. The van der Waals surface area contributed by atoms with E-state index in [2.05, 4.69) is 79.0 Å². The Morgan fingerprint density at radius 1 is 0.857 bits per heavy atom. The van der Waals surface area contributed by atoms with E-state index in [1.165, 1.54) is 27.9 Å². The van der Waals surface area contributed by atoms with Gasteiger partial charge in [0.05, 0.1) is 0 Å². The Hall–Kier alpha value is -2.67. The zero-order chi connectivity index (χ0) is 18.9. The van der Waals surface area contributed by atoms with Crippen molar-refractivity contribution >= 4 is 5.78 Å². The minimum absolute atomic E-state index is 0.0286. The Kier molecular flexibility index (Phi) is 4.60. The molecule has 1 nitrogen and oxygen atoms in total. The van der Waals surface area contributed by atoms with Gasteiger partial charge in [0.2, 0.25) is 0 Å². The van der Waals surface area contributed by atoms with Crippen LogP contribution in [0.1, 0.15) is 32.1 Å².